The van der Waals surface area contributed by atoms with Crippen LogP contribution in [0.2, 0.25) is 5.54 Å². The Balaban J connectivity index is 2.45. The van der Waals surface area contributed by atoms with Gasteiger partial charge in [0, 0.05) is 5.54 Å². The minimum absolute atomic E-state index is 0.0800. The van der Waals surface area contributed by atoms with Gasteiger partial charge in [-0.25, -0.2) is 0 Å². The van der Waals surface area contributed by atoms with E-state index in [4.69, 9.17) is 0 Å². The Morgan fingerprint density at radius 1 is 1.15 bits per heavy atom. The molecule has 0 saturated heterocycles. The van der Waals surface area contributed by atoms with Gasteiger partial charge in [0.15, 0.2) is 0 Å². The average Bonchev–Trinajstić information content (AvgIpc) is 2.04. The van der Waals surface area contributed by atoms with Crippen LogP contribution in [0.3, 0.4) is 0 Å². The van der Waals surface area contributed by atoms with Crippen molar-refractivity contribution in [2.45, 2.75) is 57.5 Å². The second-order valence-electron chi connectivity index (χ2n) is 4.26. The molecule has 0 atom stereocenters. The molecule has 0 spiro atoms. The summed E-state index contributed by atoms with van der Waals surface area (Å²) in [5.74, 6) is 0. The maximum atomic E-state index is 13.6. The molecule has 0 amide bonds. The first-order chi connectivity index (χ1) is 6.02. The first-order valence-electron chi connectivity index (χ1n) is 5.18. The molecular formula is C9H19F2NSi. The molecule has 0 radical (unpaired) electrons. The second-order valence-corrected chi connectivity index (χ2v) is 6.61. The third-order valence-corrected chi connectivity index (χ3v) is 5.16. The molecular weight excluding hydrogens is 188 g/mol. The smallest absolute Gasteiger partial charge is 0.285 e. The maximum Gasteiger partial charge on any atom is 0.507 e. The van der Waals surface area contributed by atoms with E-state index in [0.717, 1.165) is 32.1 Å². The standard InChI is InChI=1S/C9H19F2NSi/c1-8(2)12-13(10,11)9-6-4-3-5-7-9/h8-9,12H,3-7H2,1-2H3. The van der Waals surface area contributed by atoms with Crippen LogP contribution in [0.5, 0.6) is 0 Å². The van der Waals surface area contributed by atoms with Crippen LogP contribution in [-0.2, 0) is 0 Å². The third kappa shape index (κ3) is 3.35. The topological polar surface area (TPSA) is 12.0 Å². The molecule has 13 heavy (non-hydrogen) atoms. The molecule has 0 aromatic heterocycles. The summed E-state index contributed by atoms with van der Waals surface area (Å²) in [7, 11) is -4.12. The Kier molecular flexibility index (Phi) is 3.85. The summed E-state index contributed by atoms with van der Waals surface area (Å²) >= 11 is 0. The molecule has 78 valence electrons. The van der Waals surface area contributed by atoms with Crippen molar-refractivity contribution in [1.82, 2.24) is 4.98 Å². The molecule has 0 unspecified atom stereocenters. The van der Waals surface area contributed by atoms with E-state index in [1.807, 2.05) is 0 Å². The van der Waals surface area contributed by atoms with Gasteiger partial charge in [0.1, 0.15) is 0 Å². The fourth-order valence-corrected chi connectivity index (χ4v) is 4.11. The largest absolute Gasteiger partial charge is 0.507 e. The average molecular weight is 207 g/mol. The monoisotopic (exact) mass is 207 g/mol. The van der Waals surface area contributed by atoms with E-state index < -0.39 is 8.90 Å². The summed E-state index contributed by atoms with van der Waals surface area (Å²) < 4.78 is 27.2. The second kappa shape index (κ2) is 4.51. The molecule has 4 heteroatoms. The minimum Gasteiger partial charge on any atom is -0.285 e. The van der Waals surface area contributed by atoms with Gasteiger partial charge in [0.05, 0.1) is 0 Å². The fraction of sp³-hybridized carbons (Fsp3) is 1.00. The lowest BCUT2D eigenvalue weighted by molar-refractivity contribution is 0.407. The molecule has 1 aliphatic carbocycles. The Bertz CT molecular complexity index is 156. The van der Waals surface area contributed by atoms with E-state index in [1.165, 1.54) is 0 Å². The van der Waals surface area contributed by atoms with Gasteiger partial charge in [0.2, 0.25) is 0 Å². The van der Waals surface area contributed by atoms with Crippen molar-refractivity contribution in [2.75, 3.05) is 0 Å². The molecule has 0 aliphatic heterocycles. The number of hydrogen-bond acceptors (Lipinski definition) is 1. The molecule has 1 saturated carbocycles. The number of hydrogen-bond donors (Lipinski definition) is 1. The lowest BCUT2D eigenvalue weighted by Crippen LogP contribution is -2.50. The van der Waals surface area contributed by atoms with E-state index >= 15 is 0 Å². The van der Waals surface area contributed by atoms with Gasteiger partial charge in [-0.3, -0.25) is 13.2 Å². The highest BCUT2D eigenvalue weighted by molar-refractivity contribution is 6.65. The van der Waals surface area contributed by atoms with Gasteiger partial charge in [-0.2, -0.15) is 0 Å². The SMILES string of the molecule is CC(C)N[Si](F)(F)C1CCCCC1. The number of rotatable bonds is 3. The predicted molar refractivity (Wildman–Crippen MR) is 53.1 cm³/mol. The van der Waals surface area contributed by atoms with Crippen LogP contribution < -0.4 is 4.98 Å². The van der Waals surface area contributed by atoms with Crippen molar-refractivity contribution in [3.05, 3.63) is 0 Å². The van der Waals surface area contributed by atoms with Gasteiger partial charge in [-0.15, -0.1) is 0 Å². The molecule has 0 bridgehead atoms. The summed E-state index contributed by atoms with van der Waals surface area (Å²) in [4.78, 5) is 2.49. The molecule has 0 heterocycles. The van der Waals surface area contributed by atoms with Crippen LogP contribution in [0.4, 0.5) is 8.22 Å². The molecule has 1 rings (SSSR count). The highest BCUT2D eigenvalue weighted by atomic mass is 28.4. The summed E-state index contributed by atoms with van der Waals surface area (Å²) in [6.07, 6.45) is 4.60. The van der Waals surface area contributed by atoms with E-state index in [2.05, 4.69) is 4.98 Å². The molecule has 1 nitrogen and oxygen atoms in total. The first kappa shape index (κ1) is 11.1. The first-order valence-corrected chi connectivity index (χ1v) is 7.01. The van der Waals surface area contributed by atoms with Gasteiger partial charge in [-0.05, 0) is 18.9 Å². The van der Waals surface area contributed by atoms with E-state index in [9.17, 15) is 8.22 Å². The number of halogens is 2. The zero-order valence-electron chi connectivity index (χ0n) is 8.45. The molecule has 0 aromatic carbocycles. The molecule has 0 aromatic rings. The van der Waals surface area contributed by atoms with Crippen LogP contribution in [0.25, 0.3) is 0 Å². The summed E-state index contributed by atoms with van der Waals surface area (Å²) in [5, 5.41) is 0. The Hall–Kier alpha value is 0.0369. The van der Waals surface area contributed by atoms with E-state index in [1.54, 1.807) is 13.8 Å². The third-order valence-electron chi connectivity index (χ3n) is 2.60. The van der Waals surface area contributed by atoms with Crippen LogP contribution in [0.1, 0.15) is 46.0 Å². The highest BCUT2D eigenvalue weighted by Crippen LogP contribution is 2.37. The van der Waals surface area contributed by atoms with Crippen molar-refractivity contribution < 1.29 is 8.22 Å². The summed E-state index contributed by atoms with van der Waals surface area (Å²) in [5.41, 5.74) is -0.302. The van der Waals surface area contributed by atoms with Crippen molar-refractivity contribution in [3.63, 3.8) is 0 Å². The number of nitrogens with one attached hydrogen (secondary N) is 1. The van der Waals surface area contributed by atoms with Crippen molar-refractivity contribution in [3.8, 4) is 0 Å². The normalized spacial score (nSPS) is 21.0. The summed E-state index contributed by atoms with van der Waals surface area (Å²) in [6, 6.07) is -0.0800. The minimum atomic E-state index is -4.12. The quantitative estimate of drug-likeness (QED) is 0.553. The molecule has 1 fully saturated rings. The van der Waals surface area contributed by atoms with Gasteiger partial charge >= 0.3 is 8.90 Å². The predicted octanol–water partition coefficient (Wildman–Crippen LogP) is 3.20. The zero-order chi connectivity index (χ0) is 9.90. The van der Waals surface area contributed by atoms with E-state index in [-0.39, 0.29) is 11.6 Å². The van der Waals surface area contributed by atoms with Crippen LogP contribution in [0.15, 0.2) is 0 Å². The van der Waals surface area contributed by atoms with Crippen molar-refractivity contribution >= 4 is 8.90 Å². The fourth-order valence-electron chi connectivity index (χ4n) is 1.97. The van der Waals surface area contributed by atoms with Crippen LogP contribution >= 0.6 is 0 Å². The summed E-state index contributed by atoms with van der Waals surface area (Å²) in [6.45, 7) is 3.59. The lowest BCUT2D eigenvalue weighted by Gasteiger charge is -2.28. The Morgan fingerprint density at radius 2 is 1.69 bits per heavy atom. The van der Waals surface area contributed by atoms with Crippen LogP contribution in [0, 0.1) is 0 Å². The van der Waals surface area contributed by atoms with E-state index in [0.29, 0.717) is 0 Å². The van der Waals surface area contributed by atoms with Crippen LogP contribution in [-0.4, -0.2) is 14.9 Å². The Morgan fingerprint density at radius 3 is 2.15 bits per heavy atom. The van der Waals surface area contributed by atoms with Crippen molar-refractivity contribution in [2.24, 2.45) is 0 Å². The zero-order valence-corrected chi connectivity index (χ0v) is 9.45. The Labute approximate surface area is 80.3 Å². The maximum absolute atomic E-state index is 13.6. The van der Waals surface area contributed by atoms with Gasteiger partial charge in [-0.1, -0.05) is 33.1 Å². The van der Waals surface area contributed by atoms with Gasteiger partial charge in [0.25, 0.3) is 0 Å². The highest BCUT2D eigenvalue weighted by Gasteiger charge is 2.45. The van der Waals surface area contributed by atoms with Crippen molar-refractivity contribution in [1.29, 1.82) is 0 Å². The molecule has 1 aliphatic rings. The van der Waals surface area contributed by atoms with Gasteiger partial charge < -0.3 is 0 Å². The lowest BCUT2D eigenvalue weighted by atomic mass is 10.0. The molecule has 1 N–H and O–H groups in total.